The molecule has 0 bridgehead atoms. The number of benzene rings is 1. The Kier molecular flexibility index (Phi) is 10.8. The molecule has 1 unspecified atom stereocenters. The van der Waals surface area contributed by atoms with E-state index in [1.54, 1.807) is 25.3 Å². The zero-order valence-electron chi connectivity index (χ0n) is 15.5. The van der Waals surface area contributed by atoms with E-state index in [0.29, 0.717) is 12.5 Å². The minimum Gasteiger partial charge on any atom is -0.386 e. The maximum absolute atomic E-state index is 13.7. The number of ether oxygens (including phenoxy) is 1. The Balaban J connectivity index is 2.44. The molecule has 6 nitrogen and oxygen atoms in total. The first-order valence-corrected chi connectivity index (χ1v) is 8.70. The van der Waals surface area contributed by atoms with Crippen molar-refractivity contribution in [2.24, 2.45) is 4.99 Å². The molecule has 0 aliphatic rings. The van der Waals surface area contributed by atoms with Crippen LogP contribution in [0.3, 0.4) is 0 Å². The Morgan fingerprint density at radius 2 is 2.08 bits per heavy atom. The summed E-state index contributed by atoms with van der Waals surface area (Å²) in [5, 5.41) is 16.5. The number of likely N-dealkylation sites (N-methyl/N-ethyl adjacent to an activating group) is 1. The van der Waals surface area contributed by atoms with Gasteiger partial charge in [-0.05, 0) is 26.5 Å². The highest BCUT2D eigenvalue weighted by Crippen LogP contribution is 2.16. The van der Waals surface area contributed by atoms with Gasteiger partial charge in [-0.15, -0.1) is 0 Å². The molecule has 0 saturated heterocycles. The average molecular weight is 354 g/mol. The second-order valence-electron chi connectivity index (χ2n) is 5.83. The smallest absolute Gasteiger partial charge is 0.191 e. The Bertz CT molecular complexity index is 514. The standard InChI is InChI=1S/C18H31FN4O2/c1-4-20-18(21-10-12-23(2)11-7-13-25-3)22-14-17(24)15-8-5-6-9-16(15)19/h5-6,8-9,17,24H,4,7,10-14H2,1-3H3,(H2,20,21,22). The SMILES string of the molecule is CCNC(=NCC(O)c1ccccc1F)NCCN(C)CCCOC. The van der Waals surface area contributed by atoms with Crippen molar-refractivity contribution >= 4 is 5.96 Å². The van der Waals surface area contributed by atoms with Crippen LogP contribution < -0.4 is 10.6 Å². The highest BCUT2D eigenvalue weighted by atomic mass is 19.1. The van der Waals surface area contributed by atoms with E-state index >= 15 is 0 Å². The Morgan fingerprint density at radius 1 is 1.32 bits per heavy atom. The molecule has 142 valence electrons. The van der Waals surface area contributed by atoms with Crippen molar-refractivity contribution in [1.29, 1.82) is 0 Å². The fourth-order valence-electron chi connectivity index (χ4n) is 2.32. The fraction of sp³-hybridized carbons (Fsp3) is 0.611. The number of methoxy groups -OCH3 is 1. The van der Waals surface area contributed by atoms with Crippen LogP contribution in [-0.2, 0) is 4.74 Å². The van der Waals surface area contributed by atoms with Crippen molar-refractivity contribution < 1.29 is 14.2 Å². The van der Waals surface area contributed by atoms with E-state index in [1.165, 1.54) is 6.07 Å². The van der Waals surface area contributed by atoms with Crippen molar-refractivity contribution in [1.82, 2.24) is 15.5 Å². The monoisotopic (exact) mass is 354 g/mol. The van der Waals surface area contributed by atoms with Crippen LogP contribution in [0.1, 0.15) is 25.0 Å². The predicted molar refractivity (Wildman–Crippen MR) is 99.3 cm³/mol. The molecule has 1 aromatic carbocycles. The maximum atomic E-state index is 13.7. The summed E-state index contributed by atoms with van der Waals surface area (Å²) in [4.78, 5) is 6.55. The van der Waals surface area contributed by atoms with Gasteiger partial charge in [-0.2, -0.15) is 0 Å². The van der Waals surface area contributed by atoms with E-state index in [-0.39, 0.29) is 12.1 Å². The van der Waals surface area contributed by atoms with E-state index in [2.05, 4.69) is 27.6 Å². The average Bonchev–Trinajstić information content (AvgIpc) is 2.60. The molecule has 0 fully saturated rings. The summed E-state index contributed by atoms with van der Waals surface area (Å²) in [5.74, 6) is 0.198. The van der Waals surface area contributed by atoms with Crippen LogP contribution in [0, 0.1) is 5.82 Å². The van der Waals surface area contributed by atoms with Gasteiger partial charge in [0, 0.05) is 45.5 Å². The number of aliphatic hydroxyl groups excluding tert-OH is 1. The second kappa shape index (κ2) is 12.6. The van der Waals surface area contributed by atoms with Crippen molar-refractivity contribution in [3.8, 4) is 0 Å². The summed E-state index contributed by atoms with van der Waals surface area (Å²) in [6, 6.07) is 6.22. The van der Waals surface area contributed by atoms with Gasteiger partial charge in [-0.1, -0.05) is 18.2 Å². The molecule has 0 saturated carbocycles. The lowest BCUT2D eigenvalue weighted by Gasteiger charge is -2.18. The van der Waals surface area contributed by atoms with Crippen LogP contribution in [0.2, 0.25) is 0 Å². The van der Waals surface area contributed by atoms with Gasteiger partial charge in [0.25, 0.3) is 0 Å². The summed E-state index contributed by atoms with van der Waals surface area (Å²) in [5.41, 5.74) is 0.264. The lowest BCUT2D eigenvalue weighted by atomic mass is 10.1. The van der Waals surface area contributed by atoms with Crippen LogP contribution in [0.25, 0.3) is 0 Å². The van der Waals surface area contributed by atoms with Gasteiger partial charge in [0.2, 0.25) is 0 Å². The number of nitrogens with one attached hydrogen (secondary N) is 2. The minimum absolute atomic E-state index is 0.0972. The van der Waals surface area contributed by atoms with Gasteiger partial charge in [-0.25, -0.2) is 4.39 Å². The second-order valence-corrected chi connectivity index (χ2v) is 5.83. The molecule has 0 spiro atoms. The molecule has 1 rings (SSSR count). The number of hydrogen-bond donors (Lipinski definition) is 3. The molecule has 0 heterocycles. The molecule has 7 heteroatoms. The highest BCUT2D eigenvalue weighted by Gasteiger charge is 2.11. The molecule has 0 amide bonds. The molecule has 0 aliphatic carbocycles. The first-order valence-electron chi connectivity index (χ1n) is 8.70. The summed E-state index contributed by atoms with van der Waals surface area (Å²) >= 11 is 0. The topological polar surface area (TPSA) is 69.1 Å². The Hall–Kier alpha value is -1.70. The number of halogens is 1. The number of aliphatic hydroxyl groups is 1. The van der Waals surface area contributed by atoms with E-state index in [4.69, 9.17) is 4.74 Å². The largest absolute Gasteiger partial charge is 0.386 e. The summed E-state index contributed by atoms with van der Waals surface area (Å²) in [7, 11) is 3.76. The van der Waals surface area contributed by atoms with Crippen LogP contribution in [0.4, 0.5) is 4.39 Å². The van der Waals surface area contributed by atoms with Gasteiger partial charge in [-0.3, -0.25) is 4.99 Å². The molecule has 1 aromatic rings. The quantitative estimate of drug-likeness (QED) is 0.318. The lowest BCUT2D eigenvalue weighted by molar-refractivity contribution is 0.179. The fourth-order valence-corrected chi connectivity index (χ4v) is 2.32. The highest BCUT2D eigenvalue weighted by molar-refractivity contribution is 5.79. The summed E-state index contributed by atoms with van der Waals surface area (Å²) < 4.78 is 18.7. The normalized spacial score (nSPS) is 13.1. The molecule has 0 radical (unpaired) electrons. The third-order valence-corrected chi connectivity index (χ3v) is 3.71. The number of aliphatic imine (C=N–C) groups is 1. The van der Waals surface area contributed by atoms with Gasteiger partial charge < -0.3 is 25.4 Å². The molecular formula is C18H31FN4O2. The van der Waals surface area contributed by atoms with Crippen molar-refractivity contribution in [3.63, 3.8) is 0 Å². The lowest BCUT2D eigenvalue weighted by Crippen LogP contribution is -2.41. The van der Waals surface area contributed by atoms with Crippen molar-refractivity contribution in [2.75, 3.05) is 53.5 Å². The van der Waals surface area contributed by atoms with Crippen molar-refractivity contribution in [3.05, 3.63) is 35.6 Å². The number of nitrogens with zero attached hydrogens (tertiary/aromatic N) is 2. The zero-order valence-corrected chi connectivity index (χ0v) is 15.5. The Labute approximate surface area is 150 Å². The summed E-state index contributed by atoms with van der Waals surface area (Å²) in [6.07, 6.45) is 0.0316. The van der Waals surface area contributed by atoms with Gasteiger partial charge in [0.15, 0.2) is 5.96 Å². The van der Waals surface area contributed by atoms with Crippen LogP contribution in [-0.4, -0.2) is 69.5 Å². The molecule has 25 heavy (non-hydrogen) atoms. The third kappa shape index (κ3) is 8.81. The molecule has 1 atom stereocenters. The molecule has 3 N–H and O–H groups in total. The van der Waals surface area contributed by atoms with E-state index in [9.17, 15) is 9.50 Å². The van der Waals surface area contributed by atoms with E-state index < -0.39 is 11.9 Å². The number of rotatable bonds is 11. The number of guanidine groups is 1. The van der Waals surface area contributed by atoms with Gasteiger partial charge in [0.05, 0.1) is 6.54 Å². The first-order chi connectivity index (χ1) is 12.1. The molecule has 0 aliphatic heterocycles. The number of hydrogen-bond acceptors (Lipinski definition) is 4. The van der Waals surface area contributed by atoms with E-state index in [1.807, 2.05) is 6.92 Å². The predicted octanol–water partition coefficient (Wildman–Crippen LogP) is 1.38. The molecular weight excluding hydrogens is 323 g/mol. The van der Waals surface area contributed by atoms with Gasteiger partial charge >= 0.3 is 0 Å². The zero-order chi connectivity index (χ0) is 18.5. The maximum Gasteiger partial charge on any atom is 0.191 e. The van der Waals surface area contributed by atoms with Gasteiger partial charge in [0.1, 0.15) is 11.9 Å². The van der Waals surface area contributed by atoms with E-state index in [0.717, 1.165) is 32.7 Å². The van der Waals surface area contributed by atoms with Crippen LogP contribution in [0.15, 0.2) is 29.3 Å². The minimum atomic E-state index is -0.964. The van der Waals surface area contributed by atoms with Crippen molar-refractivity contribution in [2.45, 2.75) is 19.4 Å². The van der Waals surface area contributed by atoms with Crippen LogP contribution in [0.5, 0.6) is 0 Å². The molecule has 0 aromatic heterocycles. The summed E-state index contributed by atoms with van der Waals surface area (Å²) in [6.45, 7) is 6.10. The van der Waals surface area contributed by atoms with Crippen LogP contribution >= 0.6 is 0 Å². The Morgan fingerprint density at radius 3 is 2.76 bits per heavy atom. The first kappa shape index (κ1) is 21.3. The third-order valence-electron chi connectivity index (χ3n) is 3.71.